The van der Waals surface area contributed by atoms with E-state index in [4.69, 9.17) is 25.0 Å². The Hall–Kier alpha value is -3.07. The molecule has 6 rings (SSSR count). The van der Waals surface area contributed by atoms with Crippen LogP contribution < -0.4 is 15.2 Å². The number of amides is 2. The third kappa shape index (κ3) is 4.16. The molecule has 182 valence electrons. The highest BCUT2D eigenvalue weighted by atomic mass is 79.9. The molecule has 3 aromatic rings. The number of benzene rings is 1. The topological polar surface area (TPSA) is 124 Å². The maximum absolute atomic E-state index is 12.8. The van der Waals surface area contributed by atoms with Crippen LogP contribution in [0.5, 0.6) is 11.5 Å². The number of aryl methyl sites for hydroxylation is 1. The molecular formula is C21H21BrN8O4S. The highest BCUT2D eigenvalue weighted by Crippen LogP contribution is 2.43. The van der Waals surface area contributed by atoms with Gasteiger partial charge in [0, 0.05) is 22.5 Å². The summed E-state index contributed by atoms with van der Waals surface area (Å²) in [6.45, 7) is 2.72. The molecule has 2 aromatic heterocycles. The Balaban J connectivity index is 1.23. The van der Waals surface area contributed by atoms with Gasteiger partial charge in [-0.2, -0.15) is 5.01 Å². The van der Waals surface area contributed by atoms with E-state index in [2.05, 4.69) is 25.9 Å². The summed E-state index contributed by atoms with van der Waals surface area (Å²) in [5.41, 5.74) is 7.26. The molecule has 35 heavy (non-hydrogen) atoms. The number of hydrazine groups is 1. The van der Waals surface area contributed by atoms with Crippen molar-refractivity contribution < 1.29 is 19.1 Å². The number of carbonyl (C=O) groups excluding carboxylic acids is 1. The van der Waals surface area contributed by atoms with Crippen LogP contribution in [0.2, 0.25) is 0 Å². The fraction of sp³-hybridized carbons (Fsp3) is 0.333. The van der Waals surface area contributed by atoms with E-state index in [-0.39, 0.29) is 12.8 Å². The highest BCUT2D eigenvalue weighted by Gasteiger charge is 2.33. The molecule has 1 fully saturated rings. The van der Waals surface area contributed by atoms with E-state index < -0.39 is 0 Å². The van der Waals surface area contributed by atoms with Crippen molar-refractivity contribution in [3.63, 3.8) is 0 Å². The molecule has 1 aromatic carbocycles. The summed E-state index contributed by atoms with van der Waals surface area (Å²) in [5.74, 6) is 1.69. The largest absolute Gasteiger partial charge is 0.454 e. The molecule has 0 spiro atoms. The molecule has 0 saturated carbocycles. The van der Waals surface area contributed by atoms with E-state index >= 15 is 0 Å². The van der Waals surface area contributed by atoms with Crippen molar-refractivity contribution in [2.24, 2.45) is 0 Å². The number of hydrogen-bond donors (Lipinski definition) is 1. The van der Waals surface area contributed by atoms with Crippen LogP contribution >= 0.6 is 27.7 Å². The lowest BCUT2D eigenvalue weighted by Crippen LogP contribution is -2.59. The minimum atomic E-state index is -0.165. The number of ether oxygens (including phenoxy) is 2. The minimum absolute atomic E-state index is 0.165. The first-order valence-electron chi connectivity index (χ1n) is 10.9. The van der Waals surface area contributed by atoms with E-state index in [0.29, 0.717) is 73.0 Å². The third-order valence-corrected chi connectivity index (χ3v) is 7.77. The van der Waals surface area contributed by atoms with Crippen molar-refractivity contribution >= 4 is 50.7 Å². The zero-order valence-corrected chi connectivity index (χ0v) is 20.9. The van der Waals surface area contributed by atoms with Gasteiger partial charge >= 0.3 is 6.03 Å². The van der Waals surface area contributed by atoms with Crippen molar-refractivity contribution in [1.29, 1.82) is 0 Å². The van der Waals surface area contributed by atoms with Gasteiger partial charge in [-0.15, -0.1) is 0 Å². The van der Waals surface area contributed by atoms with Crippen LogP contribution in [0.25, 0.3) is 11.2 Å². The second-order valence-electron chi connectivity index (χ2n) is 7.95. The first-order chi connectivity index (χ1) is 17.1. The average molecular weight is 561 g/mol. The molecule has 14 heteroatoms. The molecule has 0 atom stereocenters. The number of hydroxylamine groups is 2. The molecular weight excluding hydrogens is 540 g/mol. The lowest BCUT2D eigenvalue weighted by Gasteiger charge is -2.43. The van der Waals surface area contributed by atoms with Gasteiger partial charge in [-0.1, -0.05) is 23.9 Å². The van der Waals surface area contributed by atoms with Gasteiger partial charge in [0.1, 0.15) is 13.1 Å². The lowest BCUT2D eigenvalue weighted by molar-refractivity contribution is -0.237. The Bertz CT molecular complexity index is 1330. The summed E-state index contributed by atoms with van der Waals surface area (Å²) in [6, 6.07) is 3.63. The summed E-state index contributed by atoms with van der Waals surface area (Å²) in [5, 5.41) is 5.69. The summed E-state index contributed by atoms with van der Waals surface area (Å²) >= 11 is 5.06. The van der Waals surface area contributed by atoms with Gasteiger partial charge in [-0.3, -0.25) is 4.84 Å². The number of anilines is 1. The number of halogens is 1. The van der Waals surface area contributed by atoms with Crippen LogP contribution in [0, 0.1) is 0 Å². The summed E-state index contributed by atoms with van der Waals surface area (Å²) in [6.07, 6.45) is 6.06. The Morgan fingerprint density at radius 2 is 1.94 bits per heavy atom. The molecule has 1 saturated heterocycles. The summed E-state index contributed by atoms with van der Waals surface area (Å²) in [4.78, 5) is 32.6. The van der Waals surface area contributed by atoms with Crippen LogP contribution in [0.1, 0.15) is 6.42 Å². The number of nitrogen functional groups attached to an aromatic ring is 1. The van der Waals surface area contributed by atoms with Crippen LogP contribution in [-0.4, -0.2) is 73.8 Å². The molecule has 0 bridgehead atoms. The Labute approximate surface area is 212 Å². The van der Waals surface area contributed by atoms with Gasteiger partial charge in [-0.05, 0) is 34.5 Å². The van der Waals surface area contributed by atoms with E-state index in [1.54, 1.807) is 5.01 Å². The zero-order chi connectivity index (χ0) is 23.9. The monoisotopic (exact) mass is 560 g/mol. The van der Waals surface area contributed by atoms with Gasteiger partial charge in [0.2, 0.25) is 6.79 Å². The number of nitrogens with two attached hydrogens (primary N) is 1. The van der Waals surface area contributed by atoms with Crippen molar-refractivity contribution in [3.8, 4) is 11.5 Å². The van der Waals surface area contributed by atoms with E-state index in [1.807, 2.05) is 33.9 Å². The zero-order valence-electron chi connectivity index (χ0n) is 18.5. The number of carbonyl (C=O) groups is 1. The normalized spacial score (nSPS) is 17.5. The van der Waals surface area contributed by atoms with Crippen LogP contribution in [0.15, 0.2) is 45.1 Å². The van der Waals surface area contributed by atoms with Crippen LogP contribution in [0.4, 0.5) is 10.6 Å². The number of hydrogen-bond acceptors (Lipinski definition) is 10. The number of aromatic nitrogens is 4. The van der Waals surface area contributed by atoms with Crippen molar-refractivity contribution in [3.05, 3.63) is 35.1 Å². The molecule has 12 nitrogen and oxygen atoms in total. The first kappa shape index (κ1) is 22.4. The van der Waals surface area contributed by atoms with E-state index in [1.165, 1.54) is 23.2 Å². The number of urea groups is 1. The maximum atomic E-state index is 12.8. The second-order valence-corrected chi connectivity index (χ2v) is 9.82. The maximum Gasteiger partial charge on any atom is 0.358 e. The summed E-state index contributed by atoms with van der Waals surface area (Å²) in [7, 11) is 0. The predicted molar refractivity (Wildman–Crippen MR) is 129 cm³/mol. The molecule has 5 heterocycles. The van der Waals surface area contributed by atoms with Crippen molar-refractivity contribution in [1.82, 2.24) is 34.6 Å². The number of rotatable bonds is 6. The van der Waals surface area contributed by atoms with Gasteiger partial charge in [-0.25, -0.2) is 29.8 Å². The SMILES string of the molecule is Nc1ncnc2c1nc(Sc1cc3c(cc1Br)OCO3)n2CCCN1OCN2CC=CCN2C1=O. The molecule has 2 N–H and O–H groups in total. The first-order valence-corrected chi connectivity index (χ1v) is 12.5. The van der Waals surface area contributed by atoms with Gasteiger partial charge < -0.3 is 19.8 Å². The lowest BCUT2D eigenvalue weighted by atomic mass is 10.3. The smallest absolute Gasteiger partial charge is 0.358 e. The van der Waals surface area contributed by atoms with Gasteiger partial charge in [0.15, 0.2) is 33.6 Å². The highest BCUT2D eigenvalue weighted by molar-refractivity contribution is 9.10. The second kappa shape index (κ2) is 9.18. The van der Waals surface area contributed by atoms with E-state index in [0.717, 1.165) is 9.37 Å². The quantitative estimate of drug-likeness (QED) is 0.450. The number of fused-ring (bicyclic) bond motifs is 3. The Kier molecular flexibility index (Phi) is 5.88. The Morgan fingerprint density at radius 3 is 2.83 bits per heavy atom. The van der Waals surface area contributed by atoms with E-state index in [9.17, 15) is 4.79 Å². The minimum Gasteiger partial charge on any atom is -0.454 e. The summed E-state index contributed by atoms with van der Waals surface area (Å²) < 4.78 is 13.8. The predicted octanol–water partition coefficient (Wildman–Crippen LogP) is 2.85. The molecule has 0 radical (unpaired) electrons. The van der Waals surface area contributed by atoms with Gasteiger partial charge in [0.25, 0.3) is 0 Å². The standard InChI is InChI=1S/C21H21BrN8O4S/c22-13-8-14-15(33-12-32-14)9-16(13)35-20-26-17-18(23)24-10-25-19(17)28(20)5-3-7-30-21(31)29-6-2-1-4-27(29)11-34-30/h1-2,8-10H,3-7,11-12H2,(H2,23,24,25). The average Bonchev–Trinajstić information content (AvgIpc) is 3.46. The van der Waals surface area contributed by atoms with Gasteiger partial charge in [0.05, 0.1) is 13.1 Å². The van der Waals surface area contributed by atoms with Crippen molar-refractivity contribution in [2.75, 3.05) is 38.9 Å². The van der Waals surface area contributed by atoms with Crippen LogP contribution in [0.3, 0.4) is 0 Å². The molecule has 3 aliphatic heterocycles. The fourth-order valence-corrected chi connectivity index (χ4v) is 5.56. The Morgan fingerprint density at radius 1 is 1.11 bits per heavy atom. The molecule has 2 amide bonds. The third-order valence-electron chi connectivity index (χ3n) is 5.80. The number of nitrogens with zero attached hydrogens (tertiary/aromatic N) is 7. The fourth-order valence-electron chi connectivity index (χ4n) is 4.05. The molecule has 0 unspecified atom stereocenters. The number of imidazole rings is 1. The van der Waals surface area contributed by atoms with Crippen molar-refractivity contribution in [2.45, 2.75) is 23.0 Å². The molecule has 0 aliphatic carbocycles. The van der Waals surface area contributed by atoms with Crippen LogP contribution in [-0.2, 0) is 11.4 Å². The molecule has 3 aliphatic rings.